The molecule has 0 spiro atoms. The molecule has 0 saturated carbocycles. The Kier molecular flexibility index (Phi) is 4.39. The summed E-state index contributed by atoms with van der Waals surface area (Å²) >= 11 is 5.74. The van der Waals surface area contributed by atoms with E-state index in [0.717, 1.165) is 5.56 Å². The van der Waals surface area contributed by atoms with E-state index in [1.807, 2.05) is 19.1 Å². The van der Waals surface area contributed by atoms with Gasteiger partial charge in [0, 0.05) is 0 Å². The second-order valence-corrected chi connectivity index (χ2v) is 6.27. The van der Waals surface area contributed by atoms with E-state index >= 15 is 0 Å². The standard InChI is InChI=1S/C16H21ClO/c1-6-11-16(5,14(17)18)13-9-7-12(8-10-13)15(2,3)4/h6-10H,1,11H2,2-5H3. The van der Waals surface area contributed by atoms with Gasteiger partial charge < -0.3 is 0 Å². The fraction of sp³-hybridized carbons (Fsp3) is 0.438. The summed E-state index contributed by atoms with van der Waals surface area (Å²) in [4.78, 5) is 11.7. The summed E-state index contributed by atoms with van der Waals surface area (Å²) in [6.07, 6.45) is 2.28. The molecule has 1 aromatic carbocycles. The molecule has 18 heavy (non-hydrogen) atoms. The Balaban J connectivity index is 3.17. The second kappa shape index (κ2) is 5.27. The number of benzene rings is 1. The van der Waals surface area contributed by atoms with Crippen molar-refractivity contribution in [2.45, 2.75) is 44.9 Å². The van der Waals surface area contributed by atoms with Gasteiger partial charge in [-0.15, -0.1) is 6.58 Å². The molecule has 2 heteroatoms. The monoisotopic (exact) mass is 264 g/mol. The van der Waals surface area contributed by atoms with Gasteiger partial charge in [-0.1, -0.05) is 51.1 Å². The molecule has 1 rings (SSSR count). The highest BCUT2D eigenvalue weighted by atomic mass is 35.5. The first kappa shape index (κ1) is 15.0. The van der Waals surface area contributed by atoms with Crippen molar-refractivity contribution in [2.75, 3.05) is 0 Å². The molecule has 0 aliphatic carbocycles. The zero-order valence-electron chi connectivity index (χ0n) is 11.6. The van der Waals surface area contributed by atoms with Crippen molar-refractivity contribution in [3.05, 3.63) is 48.0 Å². The molecule has 0 bridgehead atoms. The Bertz CT molecular complexity index is 439. The van der Waals surface area contributed by atoms with Crippen LogP contribution < -0.4 is 0 Å². The van der Waals surface area contributed by atoms with Crippen LogP contribution >= 0.6 is 11.6 Å². The van der Waals surface area contributed by atoms with Crippen LogP contribution in [0.4, 0.5) is 0 Å². The first-order valence-electron chi connectivity index (χ1n) is 6.13. The number of rotatable bonds is 4. The minimum atomic E-state index is -0.681. The molecule has 0 aliphatic heterocycles. The van der Waals surface area contributed by atoms with Gasteiger partial charge in [0.25, 0.3) is 0 Å². The molecule has 0 N–H and O–H groups in total. The first-order chi connectivity index (χ1) is 8.21. The Morgan fingerprint density at radius 3 is 1.94 bits per heavy atom. The average Bonchev–Trinajstić information content (AvgIpc) is 2.28. The van der Waals surface area contributed by atoms with Crippen LogP contribution in [0.25, 0.3) is 0 Å². The number of hydrogen-bond donors (Lipinski definition) is 0. The predicted molar refractivity (Wildman–Crippen MR) is 78.2 cm³/mol. The van der Waals surface area contributed by atoms with Crippen LogP contribution in [0, 0.1) is 0 Å². The molecule has 1 unspecified atom stereocenters. The molecular weight excluding hydrogens is 244 g/mol. The molecule has 0 aromatic heterocycles. The van der Waals surface area contributed by atoms with E-state index in [2.05, 4.69) is 39.5 Å². The summed E-state index contributed by atoms with van der Waals surface area (Å²) in [7, 11) is 0. The van der Waals surface area contributed by atoms with Gasteiger partial charge in [0.2, 0.25) is 5.24 Å². The van der Waals surface area contributed by atoms with Crippen LogP contribution in [-0.2, 0) is 15.6 Å². The molecule has 1 nitrogen and oxygen atoms in total. The van der Waals surface area contributed by atoms with Crippen LogP contribution in [0.5, 0.6) is 0 Å². The molecule has 0 fully saturated rings. The molecule has 0 aliphatic rings. The van der Waals surface area contributed by atoms with E-state index in [-0.39, 0.29) is 10.7 Å². The first-order valence-corrected chi connectivity index (χ1v) is 6.51. The van der Waals surface area contributed by atoms with E-state index < -0.39 is 5.41 Å². The molecule has 0 heterocycles. The Morgan fingerprint density at radius 1 is 1.17 bits per heavy atom. The predicted octanol–water partition coefficient (Wildman–Crippen LogP) is 4.58. The van der Waals surface area contributed by atoms with Crippen LogP contribution in [0.3, 0.4) is 0 Å². The lowest BCUT2D eigenvalue weighted by Gasteiger charge is -2.26. The van der Waals surface area contributed by atoms with Crippen LogP contribution in [0.15, 0.2) is 36.9 Å². The maximum absolute atomic E-state index is 11.7. The van der Waals surface area contributed by atoms with Crippen LogP contribution in [0.2, 0.25) is 0 Å². The molecule has 0 saturated heterocycles. The minimum absolute atomic E-state index is 0.109. The lowest BCUT2D eigenvalue weighted by molar-refractivity contribution is -0.116. The van der Waals surface area contributed by atoms with E-state index in [1.165, 1.54) is 5.56 Å². The fourth-order valence-corrected chi connectivity index (χ4v) is 2.12. The van der Waals surface area contributed by atoms with Gasteiger partial charge in [0.1, 0.15) is 0 Å². The highest BCUT2D eigenvalue weighted by Crippen LogP contribution is 2.32. The lowest BCUT2D eigenvalue weighted by Crippen LogP contribution is -2.28. The van der Waals surface area contributed by atoms with Crippen LogP contribution in [0.1, 0.15) is 45.2 Å². The van der Waals surface area contributed by atoms with Crippen molar-refractivity contribution in [1.29, 1.82) is 0 Å². The zero-order valence-corrected chi connectivity index (χ0v) is 12.3. The summed E-state index contributed by atoms with van der Waals surface area (Å²) in [5.41, 5.74) is 1.61. The highest BCUT2D eigenvalue weighted by molar-refractivity contribution is 6.65. The summed E-state index contributed by atoms with van der Waals surface area (Å²) in [6, 6.07) is 8.11. The van der Waals surface area contributed by atoms with Crippen molar-refractivity contribution >= 4 is 16.8 Å². The van der Waals surface area contributed by atoms with E-state index in [4.69, 9.17) is 11.6 Å². The third-order valence-corrected chi connectivity index (χ3v) is 3.79. The lowest BCUT2D eigenvalue weighted by atomic mass is 9.78. The third-order valence-electron chi connectivity index (χ3n) is 3.37. The molecule has 1 aromatic rings. The number of halogens is 1. The fourth-order valence-electron chi connectivity index (χ4n) is 1.94. The van der Waals surface area contributed by atoms with Gasteiger partial charge in [0.15, 0.2) is 0 Å². The van der Waals surface area contributed by atoms with Gasteiger partial charge in [-0.25, -0.2) is 0 Å². The number of allylic oxidation sites excluding steroid dienone is 1. The number of carbonyl (C=O) groups is 1. The molecule has 98 valence electrons. The maximum Gasteiger partial charge on any atom is 0.232 e. The van der Waals surface area contributed by atoms with Crippen molar-refractivity contribution in [3.63, 3.8) is 0 Å². The number of hydrogen-bond acceptors (Lipinski definition) is 1. The highest BCUT2D eigenvalue weighted by Gasteiger charge is 2.32. The summed E-state index contributed by atoms with van der Waals surface area (Å²) < 4.78 is 0. The molecule has 0 amide bonds. The maximum atomic E-state index is 11.7. The van der Waals surface area contributed by atoms with Gasteiger partial charge in [-0.05, 0) is 41.5 Å². The summed E-state index contributed by atoms with van der Waals surface area (Å²) in [5, 5.41) is -0.342. The van der Waals surface area contributed by atoms with Gasteiger partial charge in [0.05, 0.1) is 5.41 Å². The normalized spacial score (nSPS) is 14.9. The van der Waals surface area contributed by atoms with Gasteiger partial charge in [-0.3, -0.25) is 4.79 Å². The molecule has 0 radical (unpaired) electrons. The molecule has 1 atom stereocenters. The Labute approximate surface area is 115 Å². The largest absolute Gasteiger partial charge is 0.280 e. The molecular formula is C16H21ClO. The van der Waals surface area contributed by atoms with E-state index in [0.29, 0.717) is 6.42 Å². The van der Waals surface area contributed by atoms with E-state index in [9.17, 15) is 4.79 Å². The Morgan fingerprint density at radius 2 is 1.61 bits per heavy atom. The minimum Gasteiger partial charge on any atom is -0.280 e. The zero-order chi connectivity index (χ0) is 14.0. The quantitative estimate of drug-likeness (QED) is 0.575. The van der Waals surface area contributed by atoms with Crippen LogP contribution in [-0.4, -0.2) is 5.24 Å². The van der Waals surface area contributed by atoms with Crippen molar-refractivity contribution in [2.24, 2.45) is 0 Å². The SMILES string of the molecule is C=CCC(C)(C(=O)Cl)c1ccc(C(C)(C)C)cc1. The van der Waals surface area contributed by atoms with Gasteiger partial charge in [-0.2, -0.15) is 0 Å². The smallest absolute Gasteiger partial charge is 0.232 e. The second-order valence-electron chi connectivity index (χ2n) is 5.93. The Hall–Kier alpha value is -1.08. The van der Waals surface area contributed by atoms with Crippen molar-refractivity contribution < 1.29 is 4.79 Å². The number of carbonyl (C=O) groups excluding carboxylic acids is 1. The topological polar surface area (TPSA) is 17.1 Å². The van der Waals surface area contributed by atoms with Crippen molar-refractivity contribution in [3.8, 4) is 0 Å². The van der Waals surface area contributed by atoms with Crippen molar-refractivity contribution in [1.82, 2.24) is 0 Å². The third kappa shape index (κ3) is 3.02. The van der Waals surface area contributed by atoms with E-state index in [1.54, 1.807) is 6.08 Å². The summed E-state index contributed by atoms with van der Waals surface area (Å²) in [6.45, 7) is 12.0. The average molecular weight is 265 g/mol. The summed E-state index contributed by atoms with van der Waals surface area (Å²) in [5.74, 6) is 0. The van der Waals surface area contributed by atoms with Gasteiger partial charge >= 0.3 is 0 Å².